The van der Waals surface area contributed by atoms with Crippen LogP contribution in [0.4, 0.5) is 5.69 Å². The number of piperazine rings is 1. The van der Waals surface area contributed by atoms with Gasteiger partial charge in [-0.2, -0.15) is 0 Å². The molecule has 9 atom stereocenters. The Labute approximate surface area is 916 Å². The molecular formula is C109H127Cl9N10O22. The Balaban J connectivity index is 0.000000204. The highest BCUT2D eigenvalue weighted by Gasteiger charge is 2.54. The van der Waals surface area contributed by atoms with Gasteiger partial charge in [-0.05, 0) is 196 Å². The number of hydrogen-bond donors (Lipinski definition) is 12. The van der Waals surface area contributed by atoms with Crippen molar-refractivity contribution in [2.24, 2.45) is 21.7 Å². The fourth-order valence-corrected chi connectivity index (χ4v) is 21.2. The second-order valence-corrected chi connectivity index (χ2v) is 41.3. The number of likely N-dealkylation sites (tertiary alicyclic amines) is 4. The van der Waals surface area contributed by atoms with E-state index in [9.17, 15) is 93.0 Å². The third kappa shape index (κ3) is 30.2. The molecule has 2 unspecified atom stereocenters. The van der Waals surface area contributed by atoms with Gasteiger partial charge in [0.1, 0.15) is 82.9 Å². The number of fused-ring (bicyclic) bond motifs is 2. The van der Waals surface area contributed by atoms with Gasteiger partial charge in [0.15, 0.2) is 0 Å². The first kappa shape index (κ1) is 121. The van der Waals surface area contributed by atoms with Gasteiger partial charge in [-0.15, -0.1) is 11.6 Å². The molecule has 8 aromatic rings. The first-order chi connectivity index (χ1) is 71.4. The van der Waals surface area contributed by atoms with Gasteiger partial charge in [0.2, 0.25) is 47.3 Å². The number of carbonyl (C=O) groups is 13. The molecular weight excluding hydrogens is 2120 g/mol. The molecule has 12 N–H and O–H groups in total. The van der Waals surface area contributed by atoms with Gasteiger partial charge in [-0.1, -0.05) is 221 Å². The zero-order valence-electron chi connectivity index (χ0n) is 84.4. The summed E-state index contributed by atoms with van der Waals surface area (Å²) >= 11 is 55.3. The monoisotopic (exact) mass is 2240 g/mol. The van der Waals surface area contributed by atoms with Crippen molar-refractivity contribution in [2.45, 2.75) is 232 Å². The number of hydrogen-bond acceptors (Lipinski definition) is 19. The van der Waals surface area contributed by atoms with Crippen LogP contribution < -0.4 is 46.1 Å². The minimum absolute atomic E-state index is 0.00156. The van der Waals surface area contributed by atoms with Gasteiger partial charge < -0.3 is 96.4 Å². The molecule has 5 heterocycles. The van der Waals surface area contributed by atoms with Crippen LogP contribution in [0, 0.1) is 21.7 Å². The molecule has 13 rings (SSSR count). The number of ether oxygens (including phenoxy) is 3. The van der Waals surface area contributed by atoms with Crippen LogP contribution in [0.5, 0.6) is 17.2 Å². The van der Waals surface area contributed by atoms with E-state index in [0.717, 1.165) is 25.8 Å². The Hall–Kier alpha value is -11.2. The average molecular weight is 2250 g/mol. The highest BCUT2D eigenvalue weighted by molar-refractivity contribution is 6.41. The highest BCUT2D eigenvalue weighted by atomic mass is 35.5. The van der Waals surface area contributed by atoms with E-state index in [0.29, 0.717) is 137 Å². The lowest BCUT2D eigenvalue weighted by atomic mass is 9.79. The average Bonchev–Trinajstić information content (AvgIpc) is 1.60. The van der Waals surface area contributed by atoms with Crippen molar-refractivity contribution < 1.29 is 107 Å². The number of nitrogens with one attached hydrogen (secondary N) is 6. The summed E-state index contributed by atoms with van der Waals surface area (Å²) in [6.45, 7) is 17.8. The van der Waals surface area contributed by atoms with E-state index in [-0.39, 0.29) is 149 Å². The third-order valence-corrected chi connectivity index (χ3v) is 31.7. The number of β-amino-alcohol motifs (C(OH)–C–C–N with tert-alkyl or cyclic N) is 2. The van der Waals surface area contributed by atoms with Gasteiger partial charge in [-0.3, -0.25) is 43.2 Å². The number of halogens is 9. The smallest absolute Gasteiger partial charge is 0.326 e. The minimum Gasteiger partial charge on any atom is -0.489 e. The molecule has 0 aliphatic carbocycles. The summed E-state index contributed by atoms with van der Waals surface area (Å²) < 4.78 is 17.3. The SMILES string of the molecule is CCC(CC)(C(=O)N[C@@H](Cc1ccc(NC(=O)c2c(Cl)cccc2Cl)cc1)C(=O)O)C(=O)N1CCCC1.CCC(CC)(C(=O)N[C@@H](Cc1ccc(OCc2c(Cl)cccc2Cl)cc1)C(=O)O)C(=O)N1CC(O)C(Cl)C1.CCC(CC)(C(=O)N[C@@H](Cc1ccc(OCc2c(Cl)cccc2Cl)cc1)C(=O)O)C(=O)N1CC[C@@H](O)C1.CCC(CC)(C(=O)N[C@@H](Cc1ccc(OCc2c(Cl)cccc2Cl)cc1)C(=O)O)C(=O)N1C[C@@H]2C[C@H]1CN2. The lowest BCUT2D eigenvalue weighted by molar-refractivity contribution is -0.155. The molecule has 5 aliphatic rings. The minimum atomic E-state index is -1.47. The van der Waals surface area contributed by atoms with Crippen LogP contribution in [-0.4, -0.2) is 233 Å². The summed E-state index contributed by atoms with van der Waals surface area (Å²) in [6, 6.07) is 43.0. The molecule has 32 nitrogen and oxygen atoms in total. The Bertz CT molecular complexity index is 5980. The number of benzene rings is 8. The van der Waals surface area contributed by atoms with E-state index < -0.39 is 123 Å². The molecule has 2 bridgehead atoms. The first-order valence-electron chi connectivity index (χ1n) is 49.8. The number of anilines is 1. The van der Waals surface area contributed by atoms with Crippen molar-refractivity contribution in [2.75, 3.05) is 57.7 Å². The van der Waals surface area contributed by atoms with Gasteiger partial charge in [0, 0.05) is 143 Å². The molecule has 808 valence electrons. The number of alkyl halides is 1. The number of rotatable bonds is 43. The van der Waals surface area contributed by atoms with Crippen LogP contribution in [0.1, 0.15) is 182 Å². The summed E-state index contributed by atoms with van der Waals surface area (Å²) in [4.78, 5) is 174. The molecule has 5 aliphatic heterocycles. The largest absolute Gasteiger partial charge is 0.489 e. The summed E-state index contributed by atoms with van der Waals surface area (Å²) in [6.07, 6.45) is 3.67. The second-order valence-electron chi connectivity index (χ2n) is 37.5. The Morgan fingerprint density at radius 3 is 0.947 bits per heavy atom. The van der Waals surface area contributed by atoms with E-state index in [1.807, 2.05) is 0 Å². The Morgan fingerprint density at radius 1 is 0.373 bits per heavy atom. The van der Waals surface area contributed by atoms with Gasteiger partial charge in [0.25, 0.3) is 5.91 Å². The van der Waals surface area contributed by atoms with Crippen LogP contribution in [0.3, 0.4) is 0 Å². The summed E-state index contributed by atoms with van der Waals surface area (Å²) in [5, 5.41) is 78.4. The summed E-state index contributed by atoms with van der Waals surface area (Å²) in [5.41, 5.74) is -0.183. The number of carboxylic acids is 4. The maximum atomic E-state index is 13.6. The molecule has 150 heavy (non-hydrogen) atoms. The molecule has 9 amide bonds. The lowest BCUT2D eigenvalue weighted by Crippen LogP contribution is -2.58. The zero-order valence-corrected chi connectivity index (χ0v) is 91.2. The number of aliphatic hydroxyl groups is 2. The van der Waals surface area contributed by atoms with Crippen molar-refractivity contribution in [1.29, 1.82) is 0 Å². The Morgan fingerprint density at radius 2 is 0.673 bits per heavy atom. The van der Waals surface area contributed by atoms with Crippen molar-refractivity contribution in [3.8, 4) is 17.2 Å². The van der Waals surface area contributed by atoms with Crippen molar-refractivity contribution in [3.63, 3.8) is 0 Å². The number of amides is 9. The molecule has 5 fully saturated rings. The molecule has 0 radical (unpaired) electrons. The number of aliphatic hydroxyl groups excluding tert-OH is 2. The maximum absolute atomic E-state index is 13.6. The van der Waals surface area contributed by atoms with Crippen LogP contribution in [-0.2, 0) is 103 Å². The highest BCUT2D eigenvalue weighted by Crippen LogP contribution is 2.40. The molecule has 0 saturated carbocycles. The van der Waals surface area contributed by atoms with Crippen molar-refractivity contribution in [1.82, 2.24) is 46.2 Å². The first-order valence-corrected chi connectivity index (χ1v) is 53.3. The van der Waals surface area contributed by atoms with Crippen molar-refractivity contribution in [3.05, 3.63) is 255 Å². The summed E-state index contributed by atoms with van der Waals surface area (Å²) in [7, 11) is 0. The van der Waals surface area contributed by atoms with E-state index in [1.54, 1.807) is 235 Å². The number of nitrogens with zero attached hydrogens (tertiary/aromatic N) is 4. The molecule has 41 heteroatoms. The van der Waals surface area contributed by atoms with Gasteiger partial charge in [-0.25, -0.2) is 19.2 Å². The van der Waals surface area contributed by atoms with Crippen LogP contribution in [0.25, 0.3) is 0 Å². The molecule has 0 aromatic heterocycles. The topological polar surface area (TPSA) is 456 Å². The number of carboxylic acid groups (broad SMARTS) is 4. The van der Waals surface area contributed by atoms with Crippen LogP contribution in [0.15, 0.2) is 170 Å². The lowest BCUT2D eigenvalue weighted by Gasteiger charge is -2.37. The molecule has 0 spiro atoms. The maximum Gasteiger partial charge on any atom is 0.326 e. The van der Waals surface area contributed by atoms with E-state index in [1.165, 1.54) is 9.80 Å². The normalized spacial score (nSPS) is 17.0. The predicted octanol–water partition coefficient (Wildman–Crippen LogP) is 17.2. The molecule has 5 saturated heterocycles. The predicted molar refractivity (Wildman–Crippen MR) is 575 cm³/mol. The number of carbonyl (C=O) groups excluding carboxylic acids is 9. The van der Waals surface area contributed by atoms with E-state index in [2.05, 4.69) is 31.9 Å². The standard InChI is InChI=1S/C28H33Cl2N3O5.C27H31Cl3N2O6.C27H31Cl2N3O5.C27H32Cl2N2O6/c1-3-28(4-2,27(37)33-15-18-13-19(33)14-31-18)26(36)32-24(25(34)35)12-17-8-10-20(11-9-17)38-16-21-22(29)6-5-7-23(21)30;1-3-27(4-2,26(37)32-13-21(30)23(33)14-32)25(36)31-22(24(34)35)12-16-8-10-17(11-9-16)38-15-18-19(28)6-5-7-20(18)29;1-3-27(4-2,26(37)32-14-5-6-15-32)25(36)31-21(24(34)35)16-17-10-12-18(13-11-17)30-23(33)22-19(28)8-7-9-20(22)29;1-3-27(4-2,26(36)31-13-12-18(32)15-31)25(35)30-23(24(33)34)14-17-8-10-19(11-9-17)37-16-20-21(28)6-5-7-22(20)29/h5-11,18-19,24,31H,3-4,12-16H2,1-2H3,(H,32,36)(H,34,35);5-11,21-23,33H,3-4,12-15H2,1-2H3,(H,31,36)(H,34,35);7-13,21H,3-6,14-16H2,1-2H3,(H,30,33)(H,31,36)(H,34,35);5-11,18,23,32H,3-4,12-16H2,1-2H3,(H,30,35)(H,33,34)/t18-,19-,24-;21?,22-,23?;21-;18-,23+/m0001/s1. The van der Waals surface area contributed by atoms with Gasteiger partial charge >= 0.3 is 23.9 Å². The fourth-order valence-electron chi connectivity index (χ4n) is 18.8. The quantitative estimate of drug-likeness (QED) is 0.0125. The molecule has 8 aromatic carbocycles. The second kappa shape index (κ2) is 55.9. The van der Waals surface area contributed by atoms with E-state index >= 15 is 0 Å². The zero-order chi connectivity index (χ0) is 110. The number of aliphatic carboxylic acids is 4. The van der Waals surface area contributed by atoms with Gasteiger partial charge in [0.05, 0.1) is 33.2 Å². The van der Waals surface area contributed by atoms with Crippen LogP contribution >= 0.6 is 104 Å². The Kier molecular flexibility index (Phi) is 44.9. The van der Waals surface area contributed by atoms with E-state index in [4.69, 9.17) is 119 Å². The summed E-state index contributed by atoms with van der Waals surface area (Å²) in [5.74, 6) is -7.29. The van der Waals surface area contributed by atoms with Crippen LogP contribution in [0.2, 0.25) is 40.2 Å². The van der Waals surface area contributed by atoms with Crippen molar-refractivity contribution >= 4 is 187 Å². The third-order valence-electron chi connectivity index (χ3n) is 28.6. The fraction of sp³-hybridized carbons (Fsp3) is 0.440.